The van der Waals surface area contributed by atoms with Gasteiger partial charge in [0.1, 0.15) is 17.5 Å². The lowest BCUT2D eigenvalue weighted by atomic mass is 9.80. The van der Waals surface area contributed by atoms with E-state index in [0.29, 0.717) is 30.8 Å². The predicted molar refractivity (Wildman–Crippen MR) is 143 cm³/mol. The van der Waals surface area contributed by atoms with Crippen molar-refractivity contribution in [2.24, 2.45) is 0 Å². The molecular weight excluding hydrogens is 500 g/mol. The van der Waals surface area contributed by atoms with Crippen molar-refractivity contribution in [1.29, 1.82) is 0 Å². The van der Waals surface area contributed by atoms with Crippen molar-refractivity contribution in [1.82, 2.24) is 20.2 Å². The second-order valence-corrected chi connectivity index (χ2v) is 11.4. The first-order valence-electron chi connectivity index (χ1n) is 13.0. The Hall–Kier alpha value is -3.98. The molecule has 2 aliphatic heterocycles. The second-order valence-electron chi connectivity index (χ2n) is 11.4. The molecule has 2 atom stereocenters. The van der Waals surface area contributed by atoms with Crippen LogP contribution in [0.5, 0.6) is 0 Å². The number of hydrogen-bond donors (Lipinski definition) is 2. The van der Waals surface area contributed by atoms with Crippen molar-refractivity contribution in [3.63, 3.8) is 0 Å². The van der Waals surface area contributed by atoms with Gasteiger partial charge in [0.2, 0.25) is 11.8 Å². The molecule has 1 spiro atoms. The lowest BCUT2D eigenvalue weighted by Gasteiger charge is -2.50. The Morgan fingerprint density at radius 2 is 1.82 bits per heavy atom. The van der Waals surface area contributed by atoms with E-state index in [1.165, 1.54) is 12.1 Å². The Bertz CT molecular complexity index is 1530. The van der Waals surface area contributed by atoms with Crippen LogP contribution in [0.1, 0.15) is 48.7 Å². The van der Waals surface area contributed by atoms with Crippen LogP contribution in [0.3, 0.4) is 0 Å². The largest absolute Gasteiger partial charge is 0.327 e. The Morgan fingerprint density at radius 1 is 1.05 bits per heavy atom. The number of piperazine rings is 1. The number of amides is 2. The van der Waals surface area contributed by atoms with Crippen LogP contribution < -0.4 is 10.6 Å². The number of nitrogens with zero attached hydrogens (tertiary/aromatic N) is 3. The van der Waals surface area contributed by atoms with E-state index in [1.54, 1.807) is 31.1 Å². The zero-order chi connectivity index (χ0) is 27.6. The molecule has 2 aromatic heterocycles. The van der Waals surface area contributed by atoms with Crippen LogP contribution in [0.2, 0.25) is 0 Å². The molecule has 0 radical (unpaired) electrons. The molecule has 3 aliphatic rings. The van der Waals surface area contributed by atoms with E-state index in [1.807, 2.05) is 37.3 Å². The molecule has 3 aromatic rings. The third-order valence-electron chi connectivity index (χ3n) is 8.37. The molecule has 1 aromatic carbocycles. The first kappa shape index (κ1) is 25.3. The molecule has 7 nitrogen and oxygen atoms in total. The summed E-state index contributed by atoms with van der Waals surface area (Å²) in [4.78, 5) is 37.1. The van der Waals surface area contributed by atoms with Crippen molar-refractivity contribution < 1.29 is 18.4 Å². The SMILES string of the molecule is CC1(C)NC[C@@](C)(c2cc(F)cc(F)c2)N(CC=Cc2cnc3c(c2)C[C@@]2(C3)C(=O)Nc3ncccc32)C1=O. The monoisotopic (exact) mass is 529 g/mol. The average molecular weight is 530 g/mol. The van der Waals surface area contributed by atoms with Crippen LogP contribution in [0, 0.1) is 11.6 Å². The van der Waals surface area contributed by atoms with Crippen LogP contribution in [0.25, 0.3) is 6.08 Å². The minimum atomic E-state index is -0.959. The first-order chi connectivity index (χ1) is 18.5. The Labute approximate surface area is 225 Å². The maximum atomic E-state index is 14.1. The minimum Gasteiger partial charge on any atom is -0.327 e. The number of halogens is 2. The van der Waals surface area contributed by atoms with E-state index in [9.17, 15) is 18.4 Å². The van der Waals surface area contributed by atoms with Gasteiger partial charge in [-0.25, -0.2) is 13.8 Å². The summed E-state index contributed by atoms with van der Waals surface area (Å²) in [5, 5.41) is 6.14. The van der Waals surface area contributed by atoms with E-state index in [4.69, 9.17) is 0 Å². The fourth-order valence-corrected chi connectivity index (χ4v) is 6.05. The fraction of sp³-hybridized carbons (Fsp3) is 0.333. The predicted octanol–water partition coefficient (Wildman–Crippen LogP) is 3.88. The van der Waals surface area contributed by atoms with Gasteiger partial charge in [-0.2, -0.15) is 0 Å². The summed E-state index contributed by atoms with van der Waals surface area (Å²) in [7, 11) is 0. The molecule has 0 bridgehead atoms. The van der Waals surface area contributed by atoms with Crippen LogP contribution in [0.4, 0.5) is 14.6 Å². The Balaban J connectivity index is 1.26. The standard InChI is InChI=1S/C30H29F2N5O2/c1-28(2)27(39)37(29(3,17-35-28)20-11-21(31)13-22(32)12-20)9-5-6-18-10-19-14-30(15-24(19)34-16-18)23-7-4-8-33-25(23)36-26(30)38/h4-8,10-13,16,35H,9,14-15,17H2,1-3H3,(H,33,36,38)/t29-,30-/m0/s1. The van der Waals surface area contributed by atoms with Gasteiger partial charge in [-0.05, 0) is 68.1 Å². The zero-order valence-electron chi connectivity index (χ0n) is 22.0. The van der Waals surface area contributed by atoms with Gasteiger partial charge >= 0.3 is 0 Å². The highest BCUT2D eigenvalue weighted by molar-refractivity contribution is 6.06. The lowest BCUT2D eigenvalue weighted by molar-refractivity contribution is -0.148. The Kier molecular flexibility index (Phi) is 5.69. The van der Waals surface area contributed by atoms with Gasteiger partial charge in [-0.3, -0.25) is 14.6 Å². The van der Waals surface area contributed by atoms with Gasteiger partial charge in [-0.15, -0.1) is 0 Å². The van der Waals surface area contributed by atoms with Crippen LogP contribution in [-0.4, -0.2) is 45.3 Å². The van der Waals surface area contributed by atoms with E-state index in [0.717, 1.165) is 28.5 Å². The molecule has 39 heavy (non-hydrogen) atoms. The van der Waals surface area contributed by atoms with Crippen molar-refractivity contribution in [3.8, 4) is 0 Å². The van der Waals surface area contributed by atoms with E-state index in [-0.39, 0.29) is 18.4 Å². The van der Waals surface area contributed by atoms with Crippen molar-refractivity contribution in [2.75, 3.05) is 18.4 Å². The summed E-state index contributed by atoms with van der Waals surface area (Å²) in [6.07, 6.45) is 8.23. The van der Waals surface area contributed by atoms with Crippen molar-refractivity contribution >= 4 is 23.7 Å². The number of benzene rings is 1. The molecule has 1 fully saturated rings. The van der Waals surface area contributed by atoms with Crippen molar-refractivity contribution in [2.45, 2.75) is 50.1 Å². The van der Waals surface area contributed by atoms with Gasteiger partial charge in [0.05, 0.1) is 16.5 Å². The zero-order valence-corrected chi connectivity index (χ0v) is 22.0. The summed E-state index contributed by atoms with van der Waals surface area (Å²) in [5.41, 5.74) is 1.55. The number of anilines is 1. The normalized spacial score (nSPS) is 25.3. The van der Waals surface area contributed by atoms with Gasteiger partial charge in [0, 0.05) is 49.2 Å². The summed E-state index contributed by atoms with van der Waals surface area (Å²) < 4.78 is 28.2. The number of carbonyl (C=O) groups is 2. The van der Waals surface area contributed by atoms with Gasteiger partial charge in [-0.1, -0.05) is 18.2 Å². The molecule has 2 amide bonds. The number of rotatable bonds is 4. The smallest absolute Gasteiger partial charge is 0.243 e. The number of fused-ring (bicyclic) bond motifs is 3. The van der Waals surface area contributed by atoms with Gasteiger partial charge < -0.3 is 15.5 Å². The van der Waals surface area contributed by atoms with E-state index >= 15 is 0 Å². The highest BCUT2D eigenvalue weighted by Crippen LogP contribution is 2.46. The van der Waals surface area contributed by atoms with E-state index in [2.05, 4.69) is 20.6 Å². The number of carbonyl (C=O) groups excluding carboxylic acids is 2. The summed E-state index contributed by atoms with van der Waals surface area (Å²) in [5.74, 6) is -0.982. The third-order valence-corrected chi connectivity index (χ3v) is 8.37. The Morgan fingerprint density at radius 3 is 2.59 bits per heavy atom. The molecule has 0 unspecified atom stereocenters. The molecule has 1 saturated heterocycles. The van der Waals surface area contributed by atoms with Crippen LogP contribution in [-0.2, 0) is 33.4 Å². The maximum absolute atomic E-state index is 14.1. The van der Waals surface area contributed by atoms with Crippen molar-refractivity contribution in [3.05, 3.63) is 94.5 Å². The molecule has 9 heteroatoms. The fourth-order valence-electron chi connectivity index (χ4n) is 6.05. The van der Waals surface area contributed by atoms with Gasteiger partial charge in [0.15, 0.2) is 0 Å². The minimum absolute atomic E-state index is 0.0563. The highest BCUT2D eigenvalue weighted by atomic mass is 19.1. The van der Waals surface area contributed by atoms with Gasteiger partial charge in [0.25, 0.3) is 0 Å². The summed E-state index contributed by atoms with van der Waals surface area (Å²) >= 11 is 0. The molecule has 200 valence electrons. The molecule has 6 rings (SSSR count). The van der Waals surface area contributed by atoms with Crippen LogP contribution >= 0.6 is 0 Å². The van der Waals surface area contributed by atoms with Crippen LogP contribution in [0.15, 0.2) is 54.9 Å². The molecule has 0 saturated carbocycles. The molecular formula is C30H29F2N5O2. The first-order valence-corrected chi connectivity index (χ1v) is 13.0. The number of nitrogens with one attached hydrogen (secondary N) is 2. The second kappa shape index (κ2) is 8.77. The topological polar surface area (TPSA) is 87.2 Å². The number of hydrogen-bond acceptors (Lipinski definition) is 5. The van der Waals surface area contributed by atoms with E-state index < -0.39 is 28.1 Å². The average Bonchev–Trinajstić information content (AvgIpc) is 3.40. The number of pyridine rings is 2. The highest BCUT2D eigenvalue weighted by Gasteiger charge is 2.52. The number of aromatic nitrogens is 2. The summed E-state index contributed by atoms with van der Waals surface area (Å²) in [6, 6.07) is 9.20. The third kappa shape index (κ3) is 4.03. The maximum Gasteiger partial charge on any atom is 0.243 e. The lowest BCUT2D eigenvalue weighted by Crippen LogP contribution is -2.68. The quantitative estimate of drug-likeness (QED) is 0.536. The molecule has 2 N–H and O–H groups in total. The summed E-state index contributed by atoms with van der Waals surface area (Å²) in [6.45, 7) is 5.98. The molecule has 1 aliphatic carbocycles. The molecule has 4 heterocycles.